The number of carbonyl (C=O) groups excluding carboxylic acids is 2. The SMILES string of the molecule is CC(=O)NCc1cc(-c2ccc(OC(F)(F)F)cc2)c2ncn(C)c2c1C(N)=O. The zero-order chi connectivity index (χ0) is 21.3. The average Bonchev–Trinajstić information content (AvgIpc) is 3.00. The Morgan fingerprint density at radius 1 is 1.24 bits per heavy atom. The van der Waals surface area contributed by atoms with Gasteiger partial charge in [0.25, 0.3) is 5.91 Å². The minimum atomic E-state index is -4.79. The maximum atomic E-state index is 12.4. The zero-order valence-corrected chi connectivity index (χ0v) is 15.5. The van der Waals surface area contributed by atoms with Gasteiger partial charge in [-0.25, -0.2) is 4.98 Å². The van der Waals surface area contributed by atoms with Gasteiger partial charge in [-0.3, -0.25) is 9.59 Å². The first-order valence-electron chi connectivity index (χ1n) is 8.44. The number of primary amides is 1. The molecule has 2 aromatic carbocycles. The largest absolute Gasteiger partial charge is 0.573 e. The highest BCUT2D eigenvalue weighted by molar-refractivity contribution is 6.09. The van der Waals surface area contributed by atoms with Crippen molar-refractivity contribution in [3.8, 4) is 16.9 Å². The molecule has 3 rings (SSSR count). The lowest BCUT2D eigenvalue weighted by Gasteiger charge is -2.14. The van der Waals surface area contributed by atoms with Gasteiger partial charge in [0.1, 0.15) is 5.75 Å². The second kappa shape index (κ2) is 7.46. The number of benzene rings is 2. The fourth-order valence-corrected chi connectivity index (χ4v) is 3.08. The second-order valence-corrected chi connectivity index (χ2v) is 6.36. The van der Waals surface area contributed by atoms with Crippen LogP contribution in [0.1, 0.15) is 22.8 Å². The van der Waals surface area contributed by atoms with Crippen molar-refractivity contribution >= 4 is 22.8 Å². The van der Waals surface area contributed by atoms with Crippen molar-refractivity contribution in [2.75, 3.05) is 0 Å². The molecule has 0 aliphatic heterocycles. The highest BCUT2D eigenvalue weighted by atomic mass is 19.4. The summed E-state index contributed by atoms with van der Waals surface area (Å²) in [6.45, 7) is 1.39. The number of ether oxygens (including phenoxy) is 1. The molecule has 0 saturated carbocycles. The summed E-state index contributed by atoms with van der Waals surface area (Å²) in [5, 5.41) is 2.63. The topological polar surface area (TPSA) is 99.2 Å². The van der Waals surface area contributed by atoms with Crippen LogP contribution < -0.4 is 15.8 Å². The number of nitrogens with two attached hydrogens (primary N) is 1. The third-order valence-corrected chi connectivity index (χ3v) is 4.24. The third-order valence-electron chi connectivity index (χ3n) is 4.24. The van der Waals surface area contributed by atoms with Gasteiger partial charge < -0.3 is 20.4 Å². The minimum absolute atomic E-state index is 0.0526. The van der Waals surface area contributed by atoms with Crippen LogP contribution in [0.2, 0.25) is 0 Å². The Labute approximate surface area is 163 Å². The van der Waals surface area contributed by atoms with Gasteiger partial charge in [0.15, 0.2) is 0 Å². The van der Waals surface area contributed by atoms with Crippen molar-refractivity contribution in [2.45, 2.75) is 19.8 Å². The lowest BCUT2D eigenvalue weighted by Crippen LogP contribution is -2.23. The monoisotopic (exact) mass is 406 g/mol. The van der Waals surface area contributed by atoms with Crippen LogP contribution in [-0.2, 0) is 18.4 Å². The summed E-state index contributed by atoms with van der Waals surface area (Å²) in [4.78, 5) is 27.7. The molecule has 29 heavy (non-hydrogen) atoms. The summed E-state index contributed by atoms with van der Waals surface area (Å²) in [7, 11) is 1.69. The number of halogens is 3. The molecular weight excluding hydrogens is 389 g/mol. The normalized spacial score (nSPS) is 11.5. The first-order chi connectivity index (χ1) is 13.6. The van der Waals surface area contributed by atoms with E-state index in [1.54, 1.807) is 17.7 Å². The fraction of sp³-hybridized carbons (Fsp3) is 0.211. The van der Waals surface area contributed by atoms with Crippen LogP contribution in [0.3, 0.4) is 0 Å². The predicted molar refractivity (Wildman–Crippen MR) is 98.9 cm³/mol. The van der Waals surface area contributed by atoms with Crippen LogP contribution >= 0.6 is 0 Å². The highest BCUT2D eigenvalue weighted by Crippen LogP contribution is 2.34. The van der Waals surface area contributed by atoms with E-state index in [0.717, 1.165) is 0 Å². The molecule has 3 N–H and O–H groups in total. The molecule has 7 nitrogen and oxygen atoms in total. The van der Waals surface area contributed by atoms with Gasteiger partial charge in [0.2, 0.25) is 5.91 Å². The Morgan fingerprint density at radius 3 is 2.45 bits per heavy atom. The zero-order valence-electron chi connectivity index (χ0n) is 15.5. The standard InChI is InChI=1S/C19H17F3N4O3/c1-10(27)24-8-12-7-14(11-3-5-13(6-4-11)29-19(20,21)22)16-17(15(12)18(23)28)26(2)9-25-16/h3-7,9H,8H2,1-2H3,(H2,23,28)(H,24,27). The van der Waals surface area contributed by atoms with Gasteiger partial charge in [0, 0.05) is 26.1 Å². The first kappa shape index (κ1) is 20.2. The summed E-state index contributed by atoms with van der Waals surface area (Å²) in [5.41, 5.74) is 8.30. The van der Waals surface area contributed by atoms with E-state index in [4.69, 9.17) is 5.73 Å². The Hall–Kier alpha value is -3.56. The molecule has 0 aliphatic rings. The van der Waals surface area contributed by atoms with Gasteiger partial charge in [-0.1, -0.05) is 12.1 Å². The molecule has 152 valence electrons. The van der Waals surface area contributed by atoms with E-state index in [2.05, 4.69) is 15.0 Å². The minimum Gasteiger partial charge on any atom is -0.406 e. The average molecular weight is 406 g/mol. The number of fused-ring (bicyclic) bond motifs is 1. The molecule has 0 bridgehead atoms. The number of amides is 2. The quantitative estimate of drug-likeness (QED) is 0.681. The molecule has 0 fully saturated rings. The van der Waals surface area contributed by atoms with Crippen LogP contribution in [0.15, 0.2) is 36.7 Å². The van der Waals surface area contributed by atoms with Crippen LogP contribution in [-0.4, -0.2) is 27.7 Å². The number of imidazole rings is 1. The van der Waals surface area contributed by atoms with Crippen molar-refractivity contribution in [1.82, 2.24) is 14.9 Å². The number of rotatable bonds is 5. The van der Waals surface area contributed by atoms with Gasteiger partial charge in [0.05, 0.1) is 22.9 Å². The number of nitrogens with zero attached hydrogens (tertiary/aromatic N) is 2. The summed E-state index contributed by atoms with van der Waals surface area (Å²) in [5.74, 6) is -1.33. The maximum absolute atomic E-state index is 12.4. The van der Waals surface area contributed by atoms with Crippen LogP contribution in [0.5, 0.6) is 5.75 Å². The smallest absolute Gasteiger partial charge is 0.406 e. The summed E-state index contributed by atoms with van der Waals surface area (Å²) in [6, 6.07) is 6.93. The Morgan fingerprint density at radius 2 is 1.90 bits per heavy atom. The lowest BCUT2D eigenvalue weighted by molar-refractivity contribution is -0.274. The van der Waals surface area contributed by atoms with Gasteiger partial charge in [-0.05, 0) is 29.3 Å². The molecule has 10 heteroatoms. The van der Waals surface area contributed by atoms with Gasteiger partial charge in [-0.2, -0.15) is 0 Å². The van der Waals surface area contributed by atoms with Crippen molar-refractivity contribution < 1.29 is 27.5 Å². The van der Waals surface area contributed by atoms with E-state index >= 15 is 0 Å². The Kier molecular flexibility index (Phi) is 5.19. The molecule has 2 amide bonds. The molecule has 0 radical (unpaired) electrons. The predicted octanol–water partition coefficient (Wildman–Crippen LogP) is 2.87. The van der Waals surface area contributed by atoms with E-state index in [0.29, 0.717) is 27.7 Å². The molecular formula is C19H17F3N4O3. The summed E-state index contributed by atoms with van der Waals surface area (Å²) < 4.78 is 42.7. The van der Waals surface area contributed by atoms with Crippen molar-refractivity contribution in [2.24, 2.45) is 12.8 Å². The summed E-state index contributed by atoms with van der Waals surface area (Å²) in [6.07, 6.45) is -3.28. The van der Waals surface area contributed by atoms with E-state index in [9.17, 15) is 22.8 Å². The van der Waals surface area contributed by atoms with Crippen LogP contribution in [0, 0.1) is 0 Å². The van der Waals surface area contributed by atoms with E-state index in [1.807, 2.05) is 0 Å². The number of alkyl halides is 3. The molecule has 1 heterocycles. The van der Waals surface area contributed by atoms with Crippen LogP contribution in [0.4, 0.5) is 13.2 Å². The molecule has 1 aromatic heterocycles. The van der Waals surface area contributed by atoms with E-state index in [-0.39, 0.29) is 23.8 Å². The van der Waals surface area contributed by atoms with E-state index < -0.39 is 12.3 Å². The molecule has 0 unspecified atom stereocenters. The van der Waals surface area contributed by atoms with Crippen molar-refractivity contribution in [3.05, 3.63) is 47.8 Å². The molecule has 0 aliphatic carbocycles. The first-order valence-corrected chi connectivity index (χ1v) is 8.44. The van der Waals surface area contributed by atoms with Crippen molar-refractivity contribution in [1.29, 1.82) is 0 Å². The Bertz CT molecular complexity index is 1090. The second-order valence-electron chi connectivity index (χ2n) is 6.36. The maximum Gasteiger partial charge on any atom is 0.573 e. The molecule has 3 aromatic rings. The highest BCUT2D eigenvalue weighted by Gasteiger charge is 2.31. The Balaban J connectivity index is 2.16. The number of carbonyl (C=O) groups is 2. The number of nitrogens with one attached hydrogen (secondary N) is 1. The number of hydrogen-bond acceptors (Lipinski definition) is 4. The lowest BCUT2D eigenvalue weighted by atomic mass is 9.96. The fourth-order valence-electron chi connectivity index (χ4n) is 3.08. The van der Waals surface area contributed by atoms with Crippen molar-refractivity contribution in [3.63, 3.8) is 0 Å². The van der Waals surface area contributed by atoms with Gasteiger partial charge in [-0.15, -0.1) is 13.2 Å². The van der Waals surface area contributed by atoms with E-state index in [1.165, 1.54) is 37.5 Å². The number of hydrogen-bond donors (Lipinski definition) is 2. The molecule has 0 spiro atoms. The van der Waals surface area contributed by atoms with Gasteiger partial charge >= 0.3 is 6.36 Å². The molecule has 0 atom stereocenters. The van der Waals surface area contributed by atoms with Crippen LogP contribution in [0.25, 0.3) is 22.2 Å². The number of aryl methyl sites for hydroxylation is 1. The molecule has 0 saturated heterocycles. The number of aromatic nitrogens is 2. The summed E-state index contributed by atoms with van der Waals surface area (Å²) >= 11 is 0. The third kappa shape index (κ3) is 4.31.